The van der Waals surface area contributed by atoms with Crippen molar-refractivity contribution in [3.8, 4) is 5.75 Å². The zero-order chi connectivity index (χ0) is 14.7. The number of nitrogens with two attached hydrogens (primary N) is 1. The molecule has 2 aromatic rings. The minimum atomic E-state index is -0.296. The van der Waals surface area contributed by atoms with E-state index in [0.29, 0.717) is 11.4 Å². The predicted octanol–water partition coefficient (Wildman–Crippen LogP) is 1.80. The van der Waals surface area contributed by atoms with Crippen LogP contribution in [0, 0.1) is 6.92 Å². The van der Waals surface area contributed by atoms with E-state index in [-0.39, 0.29) is 17.6 Å². The zero-order valence-electron chi connectivity index (χ0n) is 11.7. The molecule has 0 saturated carbocycles. The number of aromatic amines is 1. The summed E-state index contributed by atoms with van der Waals surface area (Å²) in [6.45, 7) is 3.67. The summed E-state index contributed by atoms with van der Waals surface area (Å²) in [4.78, 5) is 12.1. The van der Waals surface area contributed by atoms with Crippen LogP contribution in [0.15, 0.2) is 24.3 Å². The molecule has 1 aromatic carbocycles. The Morgan fingerprint density at radius 1 is 1.40 bits per heavy atom. The number of carbonyl (C=O) groups excluding carboxylic acids is 1. The Morgan fingerprint density at radius 3 is 2.55 bits per heavy atom. The second-order valence-corrected chi connectivity index (χ2v) is 4.58. The number of hydrogen-bond donors (Lipinski definition) is 3. The van der Waals surface area contributed by atoms with E-state index < -0.39 is 0 Å². The molecule has 4 N–H and O–H groups in total. The fraction of sp³-hybridized carbons (Fsp3) is 0.286. The first-order valence-corrected chi connectivity index (χ1v) is 6.28. The Bertz CT molecular complexity index is 604. The number of nitrogen functional groups attached to an aromatic ring is 1. The number of amides is 1. The van der Waals surface area contributed by atoms with Gasteiger partial charge in [0.25, 0.3) is 5.91 Å². The Kier molecular flexibility index (Phi) is 3.93. The van der Waals surface area contributed by atoms with Gasteiger partial charge in [0.2, 0.25) is 0 Å². The summed E-state index contributed by atoms with van der Waals surface area (Å²) >= 11 is 0. The molecule has 20 heavy (non-hydrogen) atoms. The van der Waals surface area contributed by atoms with Crippen LogP contribution in [-0.4, -0.2) is 23.2 Å². The SMILES string of the molecule is COc1ccc(C(C)NC(=O)c2n[nH]c(C)c2N)cc1. The van der Waals surface area contributed by atoms with Crippen LogP contribution in [0.25, 0.3) is 0 Å². The van der Waals surface area contributed by atoms with Gasteiger partial charge in [0, 0.05) is 0 Å². The molecule has 0 aliphatic rings. The van der Waals surface area contributed by atoms with Crippen LogP contribution in [0.2, 0.25) is 0 Å². The summed E-state index contributed by atoms with van der Waals surface area (Å²) in [6, 6.07) is 7.37. The van der Waals surface area contributed by atoms with Gasteiger partial charge in [-0.1, -0.05) is 12.1 Å². The normalized spacial score (nSPS) is 11.9. The molecule has 6 nitrogen and oxygen atoms in total. The average Bonchev–Trinajstić information content (AvgIpc) is 2.79. The Labute approximate surface area is 117 Å². The van der Waals surface area contributed by atoms with E-state index in [4.69, 9.17) is 10.5 Å². The van der Waals surface area contributed by atoms with Crippen LogP contribution in [0.1, 0.15) is 34.7 Å². The van der Waals surface area contributed by atoms with Crippen molar-refractivity contribution in [2.75, 3.05) is 12.8 Å². The summed E-state index contributed by atoms with van der Waals surface area (Å²) in [5.41, 5.74) is 8.05. The smallest absolute Gasteiger partial charge is 0.274 e. The highest BCUT2D eigenvalue weighted by molar-refractivity contribution is 5.97. The lowest BCUT2D eigenvalue weighted by Gasteiger charge is -2.14. The number of rotatable bonds is 4. The van der Waals surface area contributed by atoms with Gasteiger partial charge in [0.15, 0.2) is 5.69 Å². The van der Waals surface area contributed by atoms with Crippen LogP contribution in [-0.2, 0) is 0 Å². The van der Waals surface area contributed by atoms with E-state index >= 15 is 0 Å². The first-order valence-electron chi connectivity index (χ1n) is 6.28. The topological polar surface area (TPSA) is 93.0 Å². The molecular weight excluding hydrogens is 256 g/mol. The first-order chi connectivity index (χ1) is 9.52. The number of anilines is 1. The zero-order valence-corrected chi connectivity index (χ0v) is 11.7. The fourth-order valence-corrected chi connectivity index (χ4v) is 1.85. The maximum absolute atomic E-state index is 12.1. The standard InChI is InChI=1S/C14H18N4O2/c1-8(10-4-6-11(20-3)7-5-10)16-14(19)13-12(15)9(2)17-18-13/h4-8H,15H2,1-3H3,(H,16,19)(H,17,18). The van der Waals surface area contributed by atoms with Gasteiger partial charge in [-0.25, -0.2) is 0 Å². The molecule has 1 amide bonds. The van der Waals surface area contributed by atoms with E-state index in [1.165, 1.54) is 0 Å². The second-order valence-electron chi connectivity index (χ2n) is 4.58. The number of nitrogens with one attached hydrogen (secondary N) is 2. The van der Waals surface area contributed by atoms with Gasteiger partial charge in [-0.2, -0.15) is 5.10 Å². The minimum absolute atomic E-state index is 0.148. The number of aromatic nitrogens is 2. The molecule has 6 heteroatoms. The summed E-state index contributed by atoms with van der Waals surface area (Å²) in [6.07, 6.45) is 0. The van der Waals surface area contributed by atoms with Crippen LogP contribution in [0.3, 0.4) is 0 Å². The van der Waals surface area contributed by atoms with Gasteiger partial charge in [0.05, 0.1) is 24.5 Å². The quantitative estimate of drug-likeness (QED) is 0.792. The van der Waals surface area contributed by atoms with Crippen molar-refractivity contribution in [1.82, 2.24) is 15.5 Å². The molecular formula is C14H18N4O2. The van der Waals surface area contributed by atoms with Crippen LogP contribution in [0.4, 0.5) is 5.69 Å². The number of hydrogen-bond acceptors (Lipinski definition) is 4. The molecule has 0 aliphatic heterocycles. The third kappa shape index (κ3) is 2.74. The molecule has 0 aliphatic carbocycles. The molecule has 0 fully saturated rings. The van der Waals surface area contributed by atoms with Gasteiger partial charge in [0.1, 0.15) is 5.75 Å². The summed E-state index contributed by atoms with van der Waals surface area (Å²) in [5, 5.41) is 9.46. The third-order valence-corrected chi connectivity index (χ3v) is 3.17. The van der Waals surface area contributed by atoms with Crippen molar-refractivity contribution >= 4 is 11.6 Å². The predicted molar refractivity (Wildman–Crippen MR) is 76.6 cm³/mol. The van der Waals surface area contributed by atoms with Crippen LogP contribution < -0.4 is 15.8 Å². The highest BCUT2D eigenvalue weighted by Gasteiger charge is 2.17. The van der Waals surface area contributed by atoms with Gasteiger partial charge in [-0.3, -0.25) is 9.89 Å². The van der Waals surface area contributed by atoms with Crippen LogP contribution >= 0.6 is 0 Å². The molecule has 1 heterocycles. The first kappa shape index (κ1) is 13.9. The highest BCUT2D eigenvalue weighted by atomic mass is 16.5. The lowest BCUT2D eigenvalue weighted by molar-refractivity contribution is 0.0935. The number of methoxy groups -OCH3 is 1. The van der Waals surface area contributed by atoms with Crippen molar-refractivity contribution in [3.05, 3.63) is 41.2 Å². The minimum Gasteiger partial charge on any atom is -0.497 e. The summed E-state index contributed by atoms with van der Waals surface area (Å²) in [7, 11) is 1.61. The van der Waals surface area contributed by atoms with Crippen molar-refractivity contribution in [2.24, 2.45) is 0 Å². The second kappa shape index (κ2) is 5.64. The average molecular weight is 274 g/mol. The fourth-order valence-electron chi connectivity index (χ4n) is 1.85. The molecule has 1 atom stereocenters. The molecule has 0 bridgehead atoms. The van der Waals surface area contributed by atoms with E-state index in [1.807, 2.05) is 31.2 Å². The Balaban J connectivity index is 2.08. The molecule has 106 valence electrons. The van der Waals surface area contributed by atoms with Crippen molar-refractivity contribution in [1.29, 1.82) is 0 Å². The van der Waals surface area contributed by atoms with Gasteiger partial charge < -0.3 is 15.8 Å². The number of carbonyl (C=O) groups is 1. The summed E-state index contributed by atoms with van der Waals surface area (Å²) < 4.78 is 5.10. The maximum atomic E-state index is 12.1. The number of H-pyrrole nitrogens is 1. The molecule has 0 saturated heterocycles. The van der Waals surface area contributed by atoms with Crippen molar-refractivity contribution < 1.29 is 9.53 Å². The summed E-state index contributed by atoms with van der Waals surface area (Å²) in [5.74, 6) is 0.481. The van der Waals surface area contributed by atoms with Crippen molar-refractivity contribution in [3.63, 3.8) is 0 Å². The Morgan fingerprint density at radius 2 is 2.05 bits per heavy atom. The maximum Gasteiger partial charge on any atom is 0.274 e. The van der Waals surface area contributed by atoms with E-state index in [0.717, 1.165) is 11.3 Å². The van der Waals surface area contributed by atoms with Gasteiger partial charge in [-0.15, -0.1) is 0 Å². The van der Waals surface area contributed by atoms with E-state index in [9.17, 15) is 4.79 Å². The number of aryl methyl sites for hydroxylation is 1. The molecule has 2 rings (SSSR count). The number of benzene rings is 1. The van der Waals surface area contributed by atoms with Gasteiger partial charge >= 0.3 is 0 Å². The molecule has 0 spiro atoms. The van der Waals surface area contributed by atoms with Crippen molar-refractivity contribution in [2.45, 2.75) is 19.9 Å². The molecule has 1 unspecified atom stereocenters. The highest BCUT2D eigenvalue weighted by Crippen LogP contribution is 2.19. The van der Waals surface area contributed by atoms with Crippen LogP contribution in [0.5, 0.6) is 5.75 Å². The third-order valence-electron chi connectivity index (χ3n) is 3.17. The van der Waals surface area contributed by atoms with E-state index in [2.05, 4.69) is 15.5 Å². The largest absolute Gasteiger partial charge is 0.497 e. The molecule has 1 aromatic heterocycles. The van der Waals surface area contributed by atoms with Gasteiger partial charge in [-0.05, 0) is 31.5 Å². The number of ether oxygens (including phenoxy) is 1. The lowest BCUT2D eigenvalue weighted by atomic mass is 10.1. The lowest BCUT2D eigenvalue weighted by Crippen LogP contribution is -2.27. The van der Waals surface area contributed by atoms with E-state index in [1.54, 1.807) is 14.0 Å². The monoisotopic (exact) mass is 274 g/mol. The molecule has 0 radical (unpaired) electrons. The Hall–Kier alpha value is -2.50. The number of nitrogens with zero attached hydrogens (tertiary/aromatic N) is 1.